The number of nitrogens with one attached hydrogen (secondary N) is 1. The zero-order valence-corrected chi connectivity index (χ0v) is 15.6. The van der Waals surface area contributed by atoms with Crippen LogP contribution in [0.3, 0.4) is 0 Å². The van der Waals surface area contributed by atoms with E-state index >= 15 is 0 Å². The van der Waals surface area contributed by atoms with Gasteiger partial charge in [0.25, 0.3) is 0 Å². The summed E-state index contributed by atoms with van der Waals surface area (Å²) in [6.45, 7) is 0. The van der Waals surface area contributed by atoms with Crippen LogP contribution in [0.1, 0.15) is 10.4 Å². The molecular formula is C18H16N2O6S. The number of hydrogen-bond acceptors (Lipinski definition) is 7. The molecule has 0 saturated heterocycles. The summed E-state index contributed by atoms with van der Waals surface area (Å²) in [6, 6.07) is 7.62. The fraction of sp³-hybridized carbons (Fsp3) is 0.167. The minimum atomic E-state index is -0.711. The van der Waals surface area contributed by atoms with Gasteiger partial charge in [0, 0.05) is 37.0 Å². The number of thiophene rings is 1. The van der Waals surface area contributed by atoms with Gasteiger partial charge in [-0.1, -0.05) is 0 Å². The van der Waals surface area contributed by atoms with E-state index in [4.69, 9.17) is 13.9 Å². The molecule has 0 radical (unpaired) electrons. The van der Waals surface area contributed by atoms with Crippen molar-refractivity contribution in [2.45, 2.75) is 0 Å². The molecule has 2 amide bonds. The Balaban J connectivity index is 1.86. The second kappa shape index (κ2) is 7.50. The molecule has 0 aliphatic heterocycles. The van der Waals surface area contributed by atoms with E-state index in [0.717, 1.165) is 0 Å². The standard InChI is InChI=1S/C18H16N2O6S/c1-20(16-8-14-15(27-16)4-10(9-21)17(22)26-14)18(23)19-11-5-12(24-2)7-13(6-11)25-3/h4-9H,1-3H3,(H,19,23). The first-order valence-corrected chi connectivity index (χ1v) is 8.57. The molecule has 9 heteroatoms. The maximum atomic E-state index is 12.6. The lowest BCUT2D eigenvalue weighted by molar-refractivity contribution is 0.112. The normalized spacial score (nSPS) is 10.5. The molecule has 0 aliphatic rings. The topological polar surface area (TPSA) is 98.1 Å². The molecule has 0 saturated carbocycles. The van der Waals surface area contributed by atoms with Crippen molar-refractivity contribution in [1.29, 1.82) is 0 Å². The number of amides is 2. The second-order valence-corrected chi connectivity index (χ2v) is 6.57. The van der Waals surface area contributed by atoms with Gasteiger partial charge in [0.1, 0.15) is 22.1 Å². The molecule has 1 N–H and O–H groups in total. The van der Waals surface area contributed by atoms with E-state index < -0.39 is 11.7 Å². The van der Waals surface area contributed by atoms with Crippen LogP contribution in [-0.2, 0) is 0 Å². The van der Waals surface area contributed by atoms with Gasteiger partial charge in [-0.25, -0.2) is 9.59 Å². The van der Waals surface area contributed by atoms with Crippen LogP contribution in [-0.4, -0.2) is 33.6 Å². The Hall–Kier alpha value is -3.33. The summed E-state index contributed by atoms with van der Waals surface area (Å²) in [5.74, 6) is 1.08. The van der Waals surface area contributed by atoms with Crippen molar-refractivity contribution in [3.05, 3.63) is 46.3 Å². The molecule has 3 rings (SSSR count). The van der Waals surface area contributed by atoms with Gasteiger partial charge in [-0.2, -0.15) is 0 Å². The number of hydrogen-bond donors (Lipinski definition) is 1. The Labute approximate surface area is 157 Å². The summed E-state index contributed by atoms with van der Waals surface area (Å²) in [6.07, 6.45) is 0.442. The Kier molecular flexibility index (Phi) is 5.13. The summed E-state index contributed by atoms with van der Waals surface area (Å²) in [5.41, 5.74) is 0.0381. The van der Waals surface area contributed by atoms with E-state index in [9.17, 15) is 14.4 Å². The molecule has 140 valence electrons. The average molecular weight is 388 g/mol. The molecular weight excluding hydrogens is 372 g/mol. The van der Waals surface area contributed by atoms with Crippen molar-refractivity contribution in [3.8, 4) is 11.5 Å². The van der Waals surface area contributed by atoms with Gasteiger partial charge in [-0.05, 0) is 6.07 Å². The number of carbonyl (C=O) groups is 2. The Morgan fingerprint density at radius 3 is 2.41 bits per heavy atom. The van der Waals surface area contributed by atoms with Gasteiger partial charge in [-0.3, -0.25) is 9.69 Å². The van der Waals surface area contributed by atoms with E-state index in [2.05, 4.69) is 5.32 Å². The molecule has 0 fully saturated rings. The van der Waals surface area contributed by atoms with Gasteiger partial charge in [0.2, 0.25) is 0 Å². The molecule has 8 nitrogen and oxygen atoms in total. The summed E-state index contributed by atoms with van der Waals surface area (Å²) in [4.78, 5) is 36.4. The monoisotopic (exact) mass is 388 g/mol. The predicted molar refractivity (Wildman–Crippen MR) is 103 cm³/mol. The van der Waals surface area contributed by atoms with Gasteiger partial charge in [-0.15, -0.1) is 11.3 Å². The molecule has 0 atom stereocenters. The predicted octanol–water partition coefficient (Wildman–Crippen LogP) is 3.35. The molecule has 0 spiro atoms. The molecule has 3 aromatic rings. The molecule has 2 aromatic heterocycles. The number of urea groups is 1. The lowest BCUT2D eigenvalue weighted by Crippen LogP contribution is -2.30. The van der Waals surface area contributed by atoms with E-state index in [-0.39, 0.29) is 5.56 Å². The van der Waals surface area contributed by atoms with Crippen LogP contribution in [0.15, 0.2) is 39.5 Å². The third-order valence-electron chi connectivity index (χ3n) is 3.80. The zero-order valence-electron chi connectivity index (χ0n) is 14.8. The van der Waals surface area contributed by atoms with Gasteiger partial charge < -0.3 is 19.2 Å². The van der Waals surface area contributed by atoms with E-state index in [1.54, 1.807) is 31.3 Å². The van der Waals surface area contributed by atoms with Crippen LogP contribution in [0.4, 0.5) is 15.5 Å². The van der Waals surface area contributed by atoms with Gasteiger partial charge in [0.05, 0.1) is 18.9 Å². The summed E-state index contributed by atoms with van der Waals surface area (Å²) >= 11 is 1.22. The summed E-state index contributed by atoms with van der Waals surface area (Å²) < 4.78 is 16.1. The number of nitrogens with zero attached hydrogens (tertiary/aromatic N) is 1. The highest BCUT2D eigenvalue weighted by Crippen LogP contribution is 2.32. The first-order valence-electron chi connectivity index (χ1n) is 7.76. The number of fused-ring (bicyclic) bond motifs is 1. The first-order chi connectivity index (χ1) is 12.9. The van der Waals surface area contributed by atoms with Crippen LogP contribution in [0, 0.1) is 0 Å². The fourth-order valence-electron chi connectivity index (χ4n) is 2.35. The van der Waals surface area contributed by atoms with Crippen LogP contribution < -0.4 is 25.3 Å². The maximum absolute atomic E-state index is 12.6. The van der Waals surface area contributed by atoms with Crippen LogP contribution in [0.5, 0.6) is 11.5 Å². The van der Waals surface area contributed by atoms with Crippen molar-refractivity contribution in [2.75, 3.05) is 31.5 Å². The minimum absolute atomic E-state index is 0.0634. The highest BCUT2D eigenvalue weighted by atomic mass is 32.1. The smallest absolute Gasteiger partial charge is 0.346 e. The van der Waals surface area contributed by atoms with Gasteiger partial charge >= 0.3 is 11.7 Å². The van der Waals surface area contributed by atoms with Crippen molar-refractivity contribution < 1.29 is 23.5 Å². The van der Waals surface area contributed by atoms with Crippen molar-refractivity contribution in [3.63, 3.8) is 0 Å². The van der Waals surface area contributed by atoms with Crippen LogP contribution in [0.25, 0.3) is 10.3 Å². The number of benzene rings is 1. The van der Waals surface area contributed by atoms with E-state index in [0.29, 0.717) is 38.8 Å². The number of ether oxygens (including phenoxy) is 2. The van der Waals surface area contributed by atoms with E-state index in [1.807, 2.05) is 0 Å². The molecule has 0 unspecified atom stereocenters. The molecule has 2 heterocycles. The van der Waals surface area contributed by atoms with Crippen molar-refractivity contribution >= 4 is 44.6 Å². The largest absolute Gasteiger partial charge is 0.497 e. The zero-order chi connectivity index (χ0) is 19.6. The lowest BCUT2D eigenvalue weighted by Gasteiger charge is -2.16. The molecule has 1 aromatic carbocycles. The molecule has 27 heavy (non-hydrogen) atoms. The number of aldehydes is 1. The number of anilines is 2. The highest BCUT2D eigenvalue weighted by Gasteiger charge is 2.17. The third kappa shape index (κ3) is 3.77. The Morgan fingerprint density at radius 2 is 1.81 bits per heavy atom. The Morgan fingerprint density at radius 1 is 1.15 bits per heavy atom. The number of carbonyl (C=O) groups excluding carboxylic acids is 2. The van der Waals surface area contributed by atoms with Crippen LogP contribution >= 0.6 is 11.3 Å². The lowest BCUT2D eigenvalue weighted by atomic mass is 10.3. The SMILES string of the molecule is COc1cc(NC(=O)N(C)c2cc3oc(=O)c(C=O)cc3s2)cc(OC)c1. The molecule has 0 bridgehead atoms. The van der Waals surface area contributed by atoms with Crippen LogP contribution in [0.2, 0.25) is 0 Å². The number of rotatable bonds is 5. The average Bonchev–Trinajstić information content (AvgIpc) is 3.08. The third-order valence-corrected chi connectivity index (χ3v) is 4.94. The second-order valence-electron chi connectivity index (χ2n) is 5.51. The van der Waals surface area contributed by atoms with Gasteiger partial charge in [0.15, 0.2) is 11.9 Å². The fourth-order valence-corrected chi connectivity index (χ4v) is 3.35. The highest BCUT2D eigenvalue weighted by molar-refractivity contribution is 7.22. The summed E-state index contributed by atoms with van der Waals surface area (Å²) in [7, 11) is 4.62. The van der Waals surface area contributed by atoms with Crippen molar-refractivity contribution in [1.82, 2.24) is 0 Å². The minimum Gasteiger partial charge on any atom is -0.497 e. The quantitative estimate of drug-likeness (QED) is 0.673. The maximum Gasteiger partial charge on any atom is 0.346 e. The van der Waals surface area contributed by atoms with E-state index in [1.165, 1.54) is 36.5 Å². The summed E-state index contributed by atoms with van der Waals surface area (Å²) in [5, 5.41) is 3.30. The van der Waals surface area contributed by atoms with Crippen molar-refractivity contribution in [2.24, 2.45) is 0 Å². The number of methoxy groups -OCH3 is 2. The Bertz CT molecular complexity index is 1050. The molecule has 0 aliphatic carbocycles. The first kappa shape index (κ1) is 18.5.